The summed E-state index contributed by atoms with van der Waals surface area (Å²) >= 11 is 12.0. The largest absolute Gasteiger partial charge is 0.482 e. The number of amides is 1. The molecule has 3 rings (SSSR count). The van der Waals surface area contributed by atoms with Gasteiger partial charge in [0.05, 0.1) is 17.3 Å². The molecule has 1 N–H and O–H groups in total. The van der Waals surface area contributed by atoms with Gasteiger partial charge in [0.25, 0.3) is 5.91 Å². The van der Waals surface area contributed by atoms with Gasteiger partial charge in [-0.3, -0.25) is 9.48 Å². The Morgan fingerprint density at radius 3 is 2.64 bits per heavy atom. The number of hydrogen-bond acceptors (Lipinski definition) is 3. The van der Waals surface area contributed by atoms with Gasteiger partial charge in [-0.15, -0.1) is 0 Å². The lowest BCUT2D eigenvalue weighted by Gasteiger charge is -2.10. The van der Waals surface area contributed by atoms with Crippen molar-refractivity contribution >= 4 is 29.1 Å². The van der Waals surface area contributed by atoms with Crippen molar-refractivity contribution < 1.29 is 9.53 Å². The molecule has 28 heavy (non-hydrogen) atoms. The predicted octanol–water partition coefficient (Wildman–Crippen LogP) is 4.55. The molecule has 0 saturated carbocycles. The van der Waals surface area contributed by atoms with Crippen LogP contribution in [0.25, 0.3) is 0 Å². The number of carbonyl (C=O) groups is 1. The van der Waals surface area contributed by atoms with Gasteiger partial charge in [0.2, 0.25) is 0 Å². The zero-order valence-electron chi connectivity index (χ0n) is 15.7. The summed E-state index contributed by atoms with van der Waals surface area (Å²) in [7, 11) is 0. The van der Waals surface area contributed by atoms with E-state index in [2.05, 4.69) is 22.5 Å². The molecule has 1 amide bonds. The molecular formula is C21H21Cl2N3O2. The van der Waals surface area contributed by atoms with Crippen molar-refractivity contribution in [2.75, 3.05) is 6.61 Å². The minimum atomic E-state index is -0.245. The number of nitrogens with one attached hydrogen (secondary N) is 1. The van der Waals surface area contributed by atoms with Crippen LogP contribution in [0.4, 0.5) is 0 Å². The molecule has 3 aromatic rings. The fourth-order valence-corrected chi connectivity index (χ4v) is 3.20. The van der Waals surface area contributed by atoms with Crippen LogP contribution in [0.2, 0.25) is 10.0 Å². The minimum absolute atomic E-state index is 0.143. The molecule has 0 atom stereocenters. The number of hydrogen-bond donors (Lipinski definition) is 1. The number of ether oxygens (including phenoxy) is 1. The van der Waals surface area contributed by atoms with Gasteiger partial charge in [0.1, 0.15) is 5.75 Å². The van der Waals surface area contributed by atoms with Gasteiger partial charge in [-0.1, -0.05) is 53.5 Å². The molecule has 0 unspecified atom stereocenters. The van der Waals surface area contributed by atoms with Crippen LogP contribution in [0.1, 0.15) is 22.5 Å². The molecule has 0 spiro atoms. The molecule has 1 heterocycles. The fourth-order valence-electron chi connectivity index (χ4n) is 2.87. The van der Waals surface area contributed by atoms with E-state index in [-0.39, 0.29) is 12.5 Å². The number of benzene rings is 2. The number of carbonyl (C=O) groups excluding carboxylic acids is 1. The Hall–Kier alpha value is -2.50. The van der Waals surface area contributed by atoms with Crippen LogP contribution in [0.15, 0.2) is 48.5 Å². The Morgan fingerprint density at radius 2 is 1.89 bits per heavy atom. The summed E-state index contributed by atoms with van der Waals surface area (Å²) in [6.45, 7) is 4.89. The third kappa shape index (κ3) is 5.06. The first-order valence-corrected chi connectivity index (χ1v) is 9.61. The van der Waals surface area contributed by atoms with Gasteiger partial charge in [0, 0.05) is 28.9 Å². The van der Waals surface area contributed by atoms with Crippen molar-refractivity contribution in [3.05, 3.63) is 81.1 Å². The van der Waals surface area contributed by atoms with E-state index in [0.29, 0.717) is 28.9 Å². The highest BCUT2D eigenvalue weighted by molar-refractivity contribution is 6.34. The molecule has 0 aliphatic carbocycles. The molecule has 0 aliphatic heterocycles. The second-order valence-electron chi connectivity index (χ2n) is 6.43. The lowest BCUT2D eigenvalue weighted by Crippen LogP contribution is -2.28. The van der Waals surface area contributed by atoms with Crippen molar-refractivity contribution in [1.29, 1.82) is 0 Å². The van der Waals surface area contributed by atoms with Gasteiger partial charge in [0.15, 0.2) is 6.61 Å². The van der Waals surface area contributed by atoms with Crippen LogP contribution in [0.3, 0.4) is 0 Å². The second kappa shape index (κ2) is 9.13. The van der Waals surface area contributed by atoms with Crippen molar-refractivity contribution in [3.8, 4) is 5.75 Å². The molecular weight excluding hydrogens is 397 g/mol. The van der Waals surface area contributed by atoms with Crippen LogP contribution < -0.4 is 10.1 Å². The van der Waals surface area contributed by atoms with Crippen molar-refractivity contribution in [2.45, 2.75) is 26.9 Å². The van der Waals surface area contributed by atoms with Gasteiger partial charge in [-0.2, -0.15) is 5.10 Å². The standard InChI is InChI=1S/C21H21Cl2N3O2/c1-14-18(15(2)26(25-14)12-16-6-4-3-5-7-16)11-24-21(27)13-28-20-10-17(22)8-9-19(20)23/h3-10H,11-13H2,1-2H3,(H,24,27). The molecule has 5 nitrogen and oxygen atoms in total. The van der Waals surface area contributed by atoms with Crippen LogP contribution in [-0.2, 0) is 17.9 Å². The van der Waals surface area contributed by atoms with E-state index in [0.717, 1.165) is 17.0 Å². The quantitative estimate of drug-likeness (QED) is 0.613. The Labute approximate surface area is 174 Å². The Balaban J connectivity index is 1.58. The Morgan fingerprint density at radius 1 is 1.14 bits per heavy atom. The predicted molar refractivity (Wildman–Crippen MR) is 111 cm³/mol. The number of nitrogens with zero attached hydrogens (tertiary/aromatic N) is 2. The molecule has 0 aliphatic rings. The number of aromatic nitrogens is 2. The third-order valence-corrected chi connectivity index (χ3v) is 4.97. The molecule has 0 bridgehead atoms. The van der Waals surface area contributed by atoms with E-state index in [9.17, 15) is 4.79 Å². The maximum absolute atomic E-state index is 12.2. The van der Waals surface area contributed by atoms with Crippen LogP contribution in [-0.4, -0.2) is 22.3 Å². The smallest absolute Gasteiger partial charge is 0.258 e. The molecule has 7 heteroatoms. The topological polar surface area (TPSA) is 56.2 Å². The first-order chi connectivity index (χ1) is 13.4. The summed E-state index contributed by atoms with van der Waals surface area (Å²) in [5.41, 5.74) is 4.11. The zero-order valence-corrected chi connectivity index (χ0v) is 17.2. The van der Waals surface area contributed by atoms with Gasteiger partial charge in [-0.25, -0.2) is 0 Å². The average Bonchev–Trinajstić information content (AvgIpc) is 2.94. The van der Waals surface area contributed by atoms with Crippen molar-refractivity contribution in [3.63, 3.8) is 0 Å². The highest BCUT2D eigenvalue weighted by atomic mass is 35.5. The monoisotopic (exact) mass is 417 g/mol. The van der Waals surface area contributed by atoms with E-state index in [1.165, 1.54) is 5.56 Å². The summed E-state index contributed by atoms with van der Waals surface area (Å²) in [5, 5.41) is 8.37. The van der Waals surface area contributed by atoms with Crippen LogP contribution in [0, 0.1) is 13.8 Å². The van der Waals surface area contributed by atoms with Crippen molar-refractivity contribution in [1.82, 2.24) is 15.1 Å². The minimum Gasteiger partial charge on any atom is -0.482 e. The summed E-state index contributed by atoms with van der Waals surface area (Å²) < 4.78 is 7.42. The van der Waals surface area contributed by atoms with Gasteiger partial charge >= 0.3 is 0 Å². The molecule has 146 valence electrons. The Bertz CT molecular complexity index is 971. The van der Waals surface area contributed by atoms with Crippen LogP contribution >= 0.6 is 23.2 Å². The normalized spacial score (nSPS) is 10.7. The maximum atomic E-state index is 12.2. The number of rotatable bonds is 7. The van der Waals surface area contributed by atoms with Gasteiger partial charge in [-0.05, 0) is 31.5 Å². The summed E-state index contributed by atoms with van der Waals surface area (Å²) in [6, 6.07) is 15.0. The van der Waals surface area contributed by atoms with Crippen molar-refractivity contribution in [2.24, 2.45) is 0 Å². The fraction of sp³-hybridized carbons (Fsp3) is 0.238. The second-order valence-corrected chi connectivity index (χ2v) is 7.28. The van der Waals surface area contributed by atoms with E-state index >= 15 is 0 Å². The first kappa shape index (κ1) is 20.2. The van der Waals surface area contributed by atoms with Gasteiger partial charge < -0.3 is 10.1 Å². The maximum Gasteiger partial charge on any atom is 0.258 e. The van der Waals surface area contributed by atoms with E-state index < -0.39 is 0 Å². The zero-order chi connectivity index (χ0) is 20.1. The highest BCUT2D eigenvalue weighted by Gasteiger charge is 2.13. The average molecular weight is 418 g/mol. The highest BCUT2D eigenvalue weighted by Crippen LogP contribution is 2.27. The molecule has 1 aromatic heterocycles. The number of halogens is 2. The van der Waals surface area contributed by atoms with E-state index in [4.69, 9.17) is 27.9 Å². The van der Waals surface area contributed by atoms with E-state index in [1.54, 1.807) is 18.2 Å². The Kier molecular flexibility index (Phi) is 6.60. The lowest BCUT2D eigenvalue weighted by atomic mass is 10.2. The molecule has 0 saturated heterocycles. The third-order valence-electron chi connectivity index (χ3n) is 4.42. The summed E-state index contributed by atoms with van der Waals surface area (Å²) in [5.74, 6) is 0.137. The van der Waals surface area contributed by atoms with E-state index in [1.807, 2.05) is 36.7 Å². The first-order valence-electron chi connectivity index (χ1n) is 8.85. The summed E-state index contributed by atoms with van der Waals surface area (Å²) in [4.78, 5) is 12.2. The summed E-state index contributed by atoms with van der Waals surface area (Å²) in [6.07, 6.45) is 0. The SMILES string of the molecule is Cc1nn(Cc2ccccc2)c(C)c1CNC(=O)COc1cc(Cl)ccc1Cl. The molecule has 0 fully saturated rings. The number of aryl methyl sites for hydroxylation is 1. The molecule has 0 radical (unpaired) electrons. The van der Waals surface area contributed by atoms with Crippen LogP contribution in [0.5, 0.6) is 5.75 Å². The lowest BCUT2D eigenvalue weighted by molar-refractivity contribution is -0.123. The molecule has 2 aromatic carbocycles.